The largest absolute Gasteiger partial charge is 0.476 e. The summed E-state index contributed by atoms with van der Waals surface area (Å²) in [6, 6.07) is 12.2. The van der Waals surface area contributed by atoms with Gasteiger partial charge in [0, 0.05) is 31.5 Å². The molecule has 0 spiro atoms. The van der Waals surface area contributed by atoms with Gasteiger partial charge in [-0.1, -0.05) is 82.9 Å². The fraction of sp³-hybridized carbons (Fsp3) is 0.467. The summed E-state index contributed by atoms with van der Waals surface area (Å²) in [5.74, 6) is -1.11. The number of carboxylic acid groups (broad SMARTS) is 1. The van der Waals surface area contributed by atoms with Crippen LogP contribution in [0.1, 0.15) is 87.9 Å². The second kappa shape index (κ2) is 13.5. The molecule has 220 valence electrons. The number of nitrogens with zero attached hydrogens (tertiary/aromatic N) is 2. The topological polar surface area (TPSA) is 76.4 Å². The third-order valence-corrected chi connectivity index (χ3v) is 13.3. The maximum absolute atomic E-state index is 12.6. The Labute approximate surface area is 258 Å². The van der Waals surface area contributed by atoms with Gasteiger partial charge in [-0.2, -0.15) is 0 Å². The number of carboxylic acids is 1. The van der Waals surface area contributed by atoms with Crippen molar-refractivity contribution < 1.29 is 14.1 Å². The summed E-state index contributed by atoms with van der Waals surface area (Å²) in [6.45, 7) is 17.8. The Morgan fingerprint density at radius 3 is 2.08 bits per heavy atom. The van der Waals surface area contributed by atoms with Gasteiger partial charge in [-0.25, -0.2) is 9.78 Å². The zero-order chi connectivity index (χ0) is 29.9. The van der Waals surface area contributed by atoms with Crippen LogP contribution in [-0.2, 0) is 4.18 Å². The first-order chi connectivity index (χ1) is 18.7. The Balaban J connectivity index is 2.18. The van der Waals surface area contributed by atoms with E-state index in [4.69, 9.17) is 27.4 Å². The molecule has 0 radical (unpaired) electrons. The average molecular weight is 674 g/mol. The number of hydrogen-bond acceptors (Lipinski definition) is 4. The summed E-state index contributed by atoms with van der Waals surface area (Å²) in [5.41, 5.74) is 3.07. The summed E-state index contributed by atoms with van der Waals surface area (Å²) in [6.07, 6.45) is 0. The monoisotopic (exact) mass is 671 g/mol. The molecule has 3 rings (SSSR count). The van der Waals surface area contributed by atoms with Gasteiger partial charge >= 0.3 is 5.97 Å². The second-order valence-corrected chi connectivity index (χ2v) is 16.9. The summed E-state index contributed by atoms with van der Waals surface area (Å²) >= 11 is 16.2. The van der Waals surface area contributed by atoms with Gasteiger partial charge < -0.3 is 19.2 Å². The molecule has 1 aromatic heterocycles. The highest BCUT2D eigenvalue weighted by atomic mass is 79.9. The lowest BCUT2D eigenvalue weighted by Gasteiger charge is -2.50. The van der Waals surface area contributed by atoms with Crippen LogP contribution in [0, 0.1) is 6.92 Å². The number of nitrogens with one attached hydrogen (secondary N) is 1. The molecular formula is C30H40BrCl2N3O3S. The standard InChI is InChI=1S/C30H40BrCl2N3O3S/c1-17(2)40(18(3)4,19(5)6)39-16-21(8)36-28(27(29(37)38)35-30(36)31)26(22-10-13-23(32)14-11-22)34-25-15-24(33)12-9-20(25)7/h9-15,17-19,21,26,34H,16H2,1-8H3,(H,37,38). The third-order valence-electron chi connectivity index (χ3n) is 7.25. The van der Waals surface area contributed by atoms with Gasteiger partial charge in [0.15, 0.2) is 10.4 Å². The Morgan fingerprint density at radius 2 is 1.55 bits per heavy atom. The summed E-state index contributed by atoms with van der Waals surface area (Å²) in [5, 5.41) is 16.1. The minimum absolute atomic E-state index is 0.0407. The fourth-order valence-corrected chi connectivity index (χ4v) is 11.0. The van der Waals surface area contributed by atoms with E-state index in [0.29, 0.717) is 42.8 Å². The SMILES string of the molecule is Cc1ccc(Cl)cc1NC(c1ccc(Cl)cc1)c1c(C(=O)O)nc(Br)n1C(C)COS(C(C)C)(C(C)C)C(C)C. The Bertz CT molecular complexity index is 1310. The molecule has 3 aromatic rings. The van der Waals surface area contributed by atoms with Gasteiger partial charge in [-0.3, -0.25) is 0 Å². The van der Waals surface area contributed by atoms with Crippen molar-refractivity contribution in [3.8, 4) is 0 Å². The first kappa shape index (κ1) is 32.8. The molecule has 2 unspecified atom stereocenters. The highest BCUT2D eigenvalue weighted by Gasteiger charge is 2.37. The maximum atomic E-state index is 12.6. The number of hydrogen-bond donors (Lipinski definition) is 2. The molecule has 0 fully saturated rings. The maximum Gasteiger partial charge on any atom is 0.356 e. The number of carbonyl (C=O) groups is 1. The van der Waals surface area contributed by atoms with E-state index in [1.165, 1.54) is 0 Å². The van der Waals surface area contributed by atoms with Crippen LogP contribution in [0.25, 0.3) is 0 Å². The van der Waals surface area contributed by atoms with Gasteiger partial charge in [-0.15, -0.1) is 10.3 Å². The lowest BCUT2D eigenvalue weighted by Crippen LogP contribution is -2.32. The molecule has 2 N–H and O–H groups in total. The zero-order valence-electron chi connectivity index (χ0n) is 24.3. The molecule has 2 aromatic carbocycles. The molecule has 0 aliphatic rings. The molecule has 2 atom stereocenters. The molecule has 0 bridgehead atoms. The van der Waals surface area contributed by atoms with Crippen LogP contribution >= 0.6 is 49.4 Å². The zero-order valence-corrected chi connectivity index (χ0v) is 28.2. The van der Waals surface area contributed by atoms with Gasteiger partial charge in [0.25, 0.3) is 0 Å². The highest BCUT2D eigenvalue weighted by Crippen LogP contribution is 2.61. The smallest absolute Gasteiger partial charge is 0.356 e. The summed E-state index contributed by atoms with van der Waals surface area (Å²) in [4.78, 5) is 17.0. The van der Waals surface area contributed by atoms with Crippen LogP contribution in [0.5, 0.6) is 0 Å². The Hall–Kier alpha value is -1.71. The Kier molecular flexibility index (Phi) is 11.1. The van der Waals surface area contributed by atoms with Crippen LogP contribution in [0.15, 0.2) is 47.2 Å². The van der Waals surface area contributed by atoms with E-state index < -0.39 is 22.3 Å². The minimum atomic E-state index is -1.43. The van der Waals surface area contributed by atoms with Crippen molar-refractivity contribution in [2.45, 2.75) is 83.2 Å². The molecule has 1 heterocycles. The lowest BCUT2D eigenvalue weighted by molar-refractivity contribution is 0.0689. The van der Waals surface area contributed by atoms with Crippen LogP contribution in [0.2, 0.25) is 10.0 Å². The van der Waals surface area contributed by atoms with Crippen LogP contribution in [0.4, 0.5) is 5.69 Å². The predicted octanol–water partition coefficient (Wildman–Crippen LogP) is 9.68. The predicted molar refractivity (Wildman–Crippen MR) is 174 cm³/mol. The molecule has 10 heteroatoms. The second-order valence-electron chi connectivity index (χ2n) is 10.9. The van der Waals surface area contributed by atoms with E-state index in [-0.39, 0.29) is 11.7 Å². The number of halogens is 3. The van der Waals surface area contributed by atoms with Crippen molar-refractivity contribution in [3.63, 3.8) is 0 Å². The van der Waals surface area contributed by atoms with E-state index in [9.17, 15) is 9.90 Å². The molecular weight excluding hydrogens is 633 g/mol. The van der Waals surface area contributed by atoms with Gasteiger partial charge in [0.1, 0.15) is 0 Å². The molecule has 0 aliphatic heterocycles. The normalized spacial score (nSPS) is 14.2. The lowest BCUT2D eigenvalue weighted by atomic mass is 10.00. The summed E-state index contributed by atoms with van der Waals surface area (Å²) < 4.78 is 9.24. The van der Waals surface area contributed by atoms with Crippen molar-refractivity contribution in [1.82, 2.24) is 9.55 Å². The number of benzene rings is 2. The van der Waals surface area contributed by atoms with Crippen LogP contribution in [0.3, 0.4) is 0 Å². The van der Waals surface area contributed by atoms with Crippen LogP contribution in [-0.4, -0.2) is 43.0 Å². The molecule has 0 aliphatic carbocycles. The minimum Gasteiger partial charge on any atom is -0.476 e. The number of aromatic carboxylic acids is 1. The number of aryl methyl sites for hydroxylation is 1. The van der Waals surface area contributed by atoms with E-state index in [1.54, 1.807) is 12.1 Å². The van der Waals surface area contributed by atoms with E-state index in [1.807, 2.05) is 48.7 Å². The number of imidazole rings is 1. The van der Waals surface area contributed by atoms with Crippen molar-refractivity contribution in [1.29, 1.82) is 0 Å². The Morgan fingerprint density at radius 1 is 1.00 bits per heavy atom. The first-order valence-electron chi connectivity index (χ1n) is 13.4. The molecule has 0 saturated carbocycles. The van der Waals surface area contributed by atoms with Crippen molar-refractivity contribution in [2.24, 2.45) is 0 Å². The number of rotatable bonds is 12. The average Bonchev–Trinajstić information content (AvgIpc) is 3.22. The third kappa shape index (κ3) is 6.84. The highest BCUT2D eigenvalue weighted by molar-refractivity contribution is 9.10. The molecule has 6 nitrogen and oxygen atoms in total. The van der Waals surface area contributed by atoms with Gasteiger partial charge in [0.05, 0.1) is 24.4 Å². The van der Waals surface area contributed by atoms with Crippen molar-refractivity contribution in [3.05, 3.63) is 79.8 Å². The van der Waals surface area contributed by atoms with E-state index in [0.717, 1.165) is 16.8 Å². The fourth-order valence-electron chi connectivity index (χ4n) is 5.47. The van der Waals surface area contributed by atoms with Gasteiger partial charge in [-0.05, 0) is 65.2 Å². The molecule has 0 amide bonds. The number of anilines is 1. The summed E-state index contributed by atoms with van der Waals surface area (Å²) in [7, 11) is -1.43. The molecule has 0 saturated heterocycles. The molecule has 40 heavy (non-hydrogen) atoms. The first-order valence-corrected chi connectivity index (χ1v) is 16.7. The van der Waals surface area contributed by atoms with Gasteiger partial charge in [0.2, 0.25) is 0 Å². The van der Waals surface area contributed by atoms with Crippen molar-refractivity contribution >= 4 is 61.1 Å². The quantitative estimate of drug-likeness (QED) is 0.200. The number of aromatic nitrogens is 2. The van der Waals surface area contributed by atoms with Crippen molar-refractivity contribution in [2.75, 3.05) is 11.9 Å². The van der Waals surface area contributed by atoms with E-state index >= 15 is 0 Å². The van der Waals surface area contributed by atoms with E-state index in [2.05, 4.69) is 67.8 Å². The van der Waals surface area contributed by atoms with Crippen LogP contribution < -0.4 is 5.32 Å².